The van der Waals surface area contributed by atoms with Crippen LogP contribution in [0.15, 0.2) is 65.6 Å². The quantitative estimate of drug-likeness (QED) is 0.502. The van der Waals surface area contributed by atoms with Crippen molar-refractivity contribution in [3.63, 3.8) is 0 Å². The summed E-state index contributed by atoms with van der Waals surface area (Å²) in [6.07, 6.45) is 0.0211. The van der Waals surface area contributed by atoms with Crippen LogP contribution < -0.4 is 10.2 Å². The second-order valence-electron chi connectivity index (χ2n) is 8.16. The van der Waals surface area contributed by atoms with E-state index in [-0.39, 0.29) is 35.2 Å². The number of nitrogens with one attached hydrogen (secondary N) is 1. The number of carbonyl (C=O) groups is 2. The van der Waals surface area contributed by atoms with Crippen LogP contribution in [0.2, 0.25) is 0 Å². The lowest BCUT2D eigenvalue weighted by Gasteiger charge is -2.20. The standard InChI is InChI=1S/C25H27N3O5S/c1-3-27(4-2)34(32,33)19-12-13-23(29)21(15-19)26-25(31)18-14-24(30)28(16-18)22-11-7-9-17-8-5-6-10-20(17)22/h5-13,15,18,29H,3-4,14,16H2,1-2H3,(H,26,31). The van der Waals surface area contributed by atoms with Gasteiger partial charge in [-0.15, -0.1) is 0 Å². The first-order valence-corrected chi connectivity index (χ1v) is 12.6. The van der Waals surface area contributed by atoms with E-state index in [1.54, 1.807) is 18.7 Å². The summed E-state index contributed by atoms with van der Waals surface area (Å²) in [7, 11) is -3.76. The Kier molecular flexibility index (Phi) is 6.58. The largest absolute Gasteiger partial charge is 0.506 e. The number of hydrogen-bond acceptors (Lipinski definition) is 5. The minimum Gasteiger partial charge on any atom is -0.506 e. The second-order valence-corrected chi connectivity index (χ2v) is 10.1. The Hall–Kier alpha value is -3.43. The Morgan fingerprint density at radius 2 is 1.79 bits per heavy atom. The van der Waals surface area contributed by atoms with Crippen LogP contribution in [0.1, 0.15) is 20.3 Å². The molecule has 2 N–H and O–H groups in total. The molecule has 1 heterocycles. The van der Waals surface area contributed by atoms with E-state index in [0.717, 1.165) is 16.5 Å². The van der Waals surface area contributed by atoms with E-state index in [1.807, 2.05) is 42.5 Å². The highest BCUT2D eigenvalue weighted by Crippen LogP contribution is 2.33. The highest BCUT2D eigenvalue weighted by Gasteiger charge is 2.36. The number of fused-ring (bicyclic) bond motifs is 1. The molecule has 0 spiro atoms. The van der Waals surface area contributed by atoms with Gasteiger partial charge in [0.25, 0.3) is 0 Å². The van der Waals surface area contributed by atoms with Crippen LogP contribution in [0, 0.1) is 5.92 Å². The first kappa shape index (κ1) is 23.7. The number of amides is 2. The van der Waals surface area contributed by atoms with Crippen LogP contribution in [0.4, 0.5) is 11.4 Å². The summed E-state index contributed by atoms with van der Waals surface area (Å²) in [6, 6.07) is 17.2. The van der Waals surface area contributed by atoms with Gasteiger partial charge in [0.15, 0.2) is 0 Å². The van der Waals surface area contributed by atoms with E-state index in [2.05, 4.69) is 5.32 Å². The Balaban J connectivity index is 1.55. The molecule has 0 saturated carbocycles. The summed E-state index contributed by atoms with van der Waals surface area (Å²) in [5, 5.41) is 14.8. The number of aromatic hydroxyl groups is 1. The number of nitrogens with zero attached hydrogens (tertiary/aromatic N) is 2. The third-order valence-electron chi connectivity index (χ3n) is 6.12. The van der Waals surface area contributed by atoms with Gasteiger partial charge in [0.05, 0.1) is 22.2 Å². The van der Waals surface area contributed by atoms with Crippen LogP contribution in [-0.4, -0.2) is 49.3 Å². The highest BCUT2D eigenvalue weighted by atomic mass is 32.2. The topological polar surface area (TPSA) is 107 Å². The average Bonchev–Trinajstić information content (AvgIpc) is 3.22. The molecule has 3 aromatic carbocycles. The van der Waals surface area contributed by atoms with Crippen LogP contribution in [0.5, 0.6) is 5.75 Å². The van der Waals surface area contributed by atoms with E-state index in [1.165, 1.54) is 22.5 Å². The van der Waals surface area contributed by atoms with Gasteiger partial charge in [-0.3, -0.25) is 9.59 Å². The third kappa shape index (κ3) is 4.36. The lowest BCUT2D eigenvalue weighted by Crippen LogP contribution is -2.31. The van der Waals surface area contributed by atoms with Crippen LogP contribution in [-0.2, 0) is 19.6 Å². The normalized spacial score (nSPS) is 16.4. The lowest BCUT2D eigenvalue weighted by molar-refractivity contribution is -0.122. The highest BCUT2D eigenvalue weighted by molar-refractivity contribution is 7.89. The molecule has 1 unspecified atom stereocenters. The smallest absolute Gasteiger partial charge is 0.243 e. The molecule has 1 fully saturated rings. The molecule has 0 aliphatic carbocycles. The number of benzene rings is 3. The van der Waals surface area contributed by atoms with Gasteiger partial charge in [0, 0.05) is 31.4 Å². The number of phenolic OH excluding ortho intramolecular Hbond substituents is 1. The number of rotatable bonds is 7. The fraction of sp³-hybridized carbons (Fsp3) is 0.280. The third-order valence-corrected chi connectivity index (χ3v) is 8.17. The number of sulfonamides is 1. The zero-order valence-corrected chi connectivity index (χ0v) is 19.9. The van der Waals surface area contributed by atoms with Crippen LogP contribution in [0.3, 0.4) is 0 Å². The molecular weight excluding hydrogens is 454 g/mol. The van der Waals surface area contributed by atoms with Crippen molar-refractivity contribution in [3.05, 3.63) is 60.7 Å². The predicted octanol–water partition coefficient (Wildman–Crippen LogP) is 3.57. The van der Waals surface area contributed by atoms with Crippen molar-refractivity contribution in [2.45, 2.75) is 25.2 Å². The predicted molar refractivity (Wildman–Crippen MR) is 131 cm³/mol. The molecular formula is C25H27N3O5S. The Morgan fingerprint density at radius 1 is 1.09 bits per heavy atom. The van der Waals surface area contributed by atoms with Crippen molar-refractivity contribution in [2.24, 2.45) is 5.92 Å². The van der Waals surface area contributed by atoms with Crippen molar-refractivity contribution >= 4 is 44.0 Å². The number of carbonyl (C=O) groups excluding carboxylic acids is 2. The molecule has 1 aliphatic heterocycles. The Labute approximate surface area is 198 Å². The van der Waals surface area contributed by atoms with Gasteiger partial charge in [-0.1, -0.05) is 50.2 Å². The minimum absolute atomic E-state index is 0.00529. The molecule has 0 aromatic heterocycles. The summed E-state index contributed by atoms with van der Waals surface area (Å²) in [4.78, 5) is 27.4. The first-order valence-electron chi connectivity index (χ1n) is 11.2. The molecule has 2 amide bonds. The second kappa shape index (κ2) is 9.44. The van der Waals surface area contributed by atoms with Gasteiger partial charge in [-0.2, -0.15) is 4.31 Å². The molecule has 9 heteroatoms. The van der Waals surface area contributed by atoms with Crippen molar-refractivity contribution in [2.75, 3.05) is 29.9 Å². The first-order chi connectivity index (χ1) is 16.3. The van der Waals surface area contributed by atoms with Gasteiger partial charge in [-0.25, -0.2) is 8.42 Å². The summed E-state index contributed by atoms with van der Waals surface area (Å²) >= 11 is 0. The fourth-order valence-corrected chi connectivity index (χ4v) is 5.77. The molecule has 1 saturated heterocycles. The molecule has 3 aromatic rings. The van der Waals surface area contributed by atoms with E-state index >= 15 is 0 Å². The molecule has 1 aliphatic rings. The monoisotopic (exact) mass is 481 g/mol. The zero-order chi connectivity index (χ0) is 24.5. The van der Waals surface area contributed by atoms with Crippen molar-refractivity contribution < 1.29 is 23.1 Å². The molecule has 178 valence electrons. The maximum Gasteiger partial charge on any atom is 0.243 e. The minimum atomic E-state index is -3.76. The van der Waals surface area contributed by atoms with E-state index < -0.39 is 21.8 Å². The summed E-state index contributed by atoms with van der Waals surface area (Å²) in [5.74, 6) is -1.52. The summed E-state index contributed by atoms with van der Waals surface area (Å²) in [6.45, 7) is 4.27. The van der Waals surface area contributed by atoms with E-state index in [9.17, 15) is 23.1 Å². The molecule has 8 nitrogen and oxygen atoms in total. The van der Waals surface area contributed by atoms with E-state index in [0.29, 0.717) is 13.1 Å². The maximum absolute atomic E-state index is 13.0. The van der Waals surface area contributed by atoms with E-state index in [4.69, 9.17) is 0 Å². The van der Waals surface area contributed by atoms with Crippen molar-refractivity contribution in [3.8, 4) is 5.75 Å². The van der Waals surface area contributed by atoms with Crippen LogP contribution >= 0.6 is 0 Å². The number of hydrogen-bond donors (Lipinski definition) is 2. The lowest BCUT2D eigenvalue weighted by atomic mass is 10.1. The van der Waals surface area contributed by atoms with Crippen molar-refractivity contribution in [1.82, 2.24) is 4.31 Å². The summed E-state index contributed by atoms with van der Waals surface area (Å²) in [5.41, 5.74) is 0.739. The number of phenols is 1. The average molecular weight is 482 g/mol. The van der Waals surface area contributed by atoms with Gasteiger partial charge >= 0.3 is 0 Å². The molecule has 34 heavy (non-hydrogen) atoms. The molecule has 0 radical (unpaired) electrons. The van der Waals surface area contributed by atoms with Crippen molar-refractivity contribution in [1.29, 1.82) is 0 Å². The van der Waals surface area contributed by atoms with Gasteiger partial charge in [0.2, 0.25) is 21.8 Å². The fourth-order valence-electron chi connectivity index (χ4n) is 4.28. The Bertz CT molecular complexity index is 1350. The zero-order valence-electron chi connectivity index (χ0n) is 19.1. The Morgan fingerprint density at radius 3 is 2.53 bits per heavy atom. The number of anilines is 2. The summed E-state index contributed by atoms with van der Waals surface area (Å²) < 4.78 is 27.0. The van der Waals surface area contributed by atoms with Gasteiger partial charge in [0.1, 0.15) is 5.75 Å². The molecule has 4 rings (SSSR count). The molecule has 0 bridgehead atoms. The van der Waals surface area contributed by atoms with Crippen LogP contribution in [0.25, 0.3) is 10.8 Å². The SMILES string of the molecule is CCN(CC)S(=O)(=O)c1ccc(O)c(NC(=O)C2CC(=O)N(c3cccc4ccccc34)C2)c1. The molecule has 1 atom stereocenters. The van der Waals surface area contributed by atoms with Gasteiger partial charge < -0.3 is 15.3 Å². The van der Waals surface area contributed by atoms with Gasteiger partial charge in [-0.05, 0) is 29.7 Å². The maximum atomic E-state index is 13.0.